The number of nitro benzene ring substituents is 1. The fourth-order valence-corrected chi connectivity index (χ4v) is 2.33. The summed E-state index contributed by atoms with van der Waals surface area (Å²) in [5.41, 5.74) is 0.518. The van der Waals surface area contributed by atoms with Gasteiger partial charge in [0.25, 0.3) is 10.9 Å². The van der Waals surface area contributed by atoms with Crippen LogP contribution in [0.15, 0.2) is 52.4 Å². The lowest BCUT2D eigenvalue weighted by molar-refractivity contribution is -0.384. The molecule has 0 aliphatic heterocycles. The van der Waals surface area contributed by atoms with E-state index in [1.807, 2.05) is 0 Å². The number of non-ortho nitro benzene ring substituents is 1. The Morgan fingerprint density at radius 1 is 1.20 bits per heavy atom. The number of aromatic nitrogens is 4. The lowest BCUT2D eigenvalue weighted by Gasteiger charge is -2.00. The van der Waals surface area contributed by atoms with Gasteiger partial charge in [-0.15, -0.1) is 10.2 Å². The molecule has 25 heavy (non-hydrogen) atoms. The first-order chi connectivity index (χ1) is 12.1. The van der Waals surface area contributed by atoms with Gasteiger partial charge in [-0.3, -0.25) is 20.2 Å². The molecular weight excluding hydrogens is 348 g/mol. The van der Waals surface area contributed by atoms with E-state index in [9.17, 15) is 14.9 Å². The second kappa shape index (κ2) is 7.49. The van der Waals surface area contributed by atoms with Crippen molar-refractivity contribution in [3.05, 3.63) is 52.8 Å². The van der Waals surface area contributed by atoms with Crippen LogP contribution in [0.2, 0.25) is 0 Å². The van der Waals surface area contributed by atoms with Gasteiger partial charge in [0, 0.05) is 30.1 Å². The summed E-state index contributed by atoms with van der Waals surface area (Å²) < 4.78 is 5.43. The number of carbonyl (C=O) groups excluding carboxylic acids is 1. The van der Waals surface area contributed by atoms with E-state index >= 15 is 0 Å². The maximum Gasteiger partial charge on any atom is 0.277 e. The van der Waals surface area contributed by atoms with E-state index in [1.165, 1.54) is 36.7 Å². The number of rotatable bonds is 6. The zero-order valence-corrected chi connectivity index (χ0v) is 13.3. The van der Waals surface area contributed by atoms with Crippen molar-refractivity contribution in [3.8, 4) is 11.5 Å². The van der Waals surface area contributed by atoms with E-state index in [2.05, 4.69) is 25.5 Å². The lowest BCUT2D eigenvalue weighted by atomic mass is 10.2. The topological polar surface area (TPSA) is 137 Å². The van der Waals surface area contributed by atoms with Gasteiger partial charge in [0.15, 0.2) is 0 Å². The smallest absolute Gasteiger partial charge is 0.277 e. The second-order valence-corrected chi connectivity index (χ2v) is 5.51. The molecule has 11 heteroatoms. The van der Waals surface area contributed by atoms with Crippen LogP contribution in [0.1, 0.15) is 0 Å². The minimum absolute atomic E-state index is 0.0299. The van der Waals surface area contributed by atoms with Crippen LogP contribution in [-0.2, 0) is 4.79 Å². The summed E-state index contributed by atoms with van der Waals surface area (Å²) in [4.78, 5) is 29.7. The van der Waals surface area contributed by atoms with Gasteiger partial charge < -0.3 is 4.42 Å². The molecule has 0 fully saturated rings. The van der Waals surface area contributed by atoms with E-state index in [1.54, 1.807) is 6.07 Å². The van der Waals surface area contributed by atoms with Crippen LogP contribution in [-0.4, -0.2) is 36.7 Å². The third-order valence-electron chi connectivity index (χ3n) is 2.88. The lowest BCUT2D eigenvalue weighted by Crippen LogP contribution is -2.15. The average Bonchev–Trinajstić information content (AvgIpc) is 3.10. The highest BCUT2D eigenvalue weighted by Gasteiger charge is 2.13. The van der Waals surface area contributed by atoms with Crippen LogP contribution in [0.4, 0.5) is 11.6 Å². The van der Waals surface area contributed by atoms with Crippen molar-refractivity contribution < 1.29 is 14.1 Å². The van der Waals surface area contributed by atoms with Gasteiger partial charge in [0.05, 0.1) is 10.7 Å². The fraction of sp³-hybridized carbons (Fsp3) is 0.0714. The number of benzene rings is 1. The van der Waals surface area contributed by atoms with E-state index < -0.39 is 4.92 Å². The van der Waals surface area contributed by atoms with E-state index in [0.29, 0.717) is 5.56 Å². The van der Waals surface area contributed by atoms with Crippen molar-refractivity contribution in [3.63, 3.8) is 0 Å². The van der Waals surface area contributed by atoms with Crippen molar-refractivity contribution in [2.75, 3.05) is 11.1 Å². The zero-order valence-electron chi connectivity index (χ0n) is 12.5. The standard InChI is InChI=1S/C14H10N6O4S/c21-11(17-13-15-6-1-7-16-13)8-25-14-19-18-12(24-14)9-2-4-10(5-3-9)20(22)23/h1-7H,8H2,(H,15,16,17,21). The highest BCUT2D eigenvalue weighted by Crippen LogP contribution is 2.24. The zero-order chi connectivity index (χ0) is 17.6. The number of hydrogen-bond donors (Lipinski definition) is 1. The maximum absolute atomic E-state index is 11.8. The average molecular weight is 358 g/mol. The summed E-state index contributed by atoms with van der Waals surface area (Å²) >= 11 is 1.06. The van der Waals surface area contributed by atoms with Crippen LogP contribution < -0.4 is 5.32 Å². The van der Waals surface area contributed by atoms with Gasteiger partial charge in [0.1, 0.15) is 0 Å². The molecule has 0 saturated heterocycles. The number of nitro groups is 1. The van der Waals surface area contributed by atoms with Crippen LogP contribution in [0, 0.1) is 10.1 Å². The normalized spacial score (nSPS) is 10.4. The van der Waals surface area contributed by atoms with E-state index in [-0.39, 0.29) is 34.4 Å². The van der Waals surface area contributed by atoms with Crippen LogP contribution in [0.25, 0.3) is 11.5 Å². The third kappa shape index (κ3) is 4.35. The number of nitrogens with one attached hydrogen (secondary N) is 1. The largest absolute Gasteiger partial charge is 0.411 e. The molecule has 1 amide bonds. The minimum atomic E-state index is -0.492. The quantitative estimate of drug-likeness (QED) is 0.399. The molecule has 3 aromatic rings. The molecule has 10 nitrogen and oxygen atoms in total. The number of hydrogen-bond acceptors (Lipinski definition) is 9. The molecule has 0 unspecified atom stereocenters. The Labute approximate surface area is 144 Å². The molecule has 0 saturated carbocycles. The van der Waals surface area contributed by atoms with Crippen molar-refractivity contribution in [2.24, 2.45) is 0 Å². The van der Waals surface area contributed by atoms with Crippen LogP contribution in [0.3, 0.4) is 0 Å². The predicted molar refractivity (Wildman–Crippen MR) is 87.8 cm³/mol. The summed E-state index contributed by atoms with van der Waals surface area (Å²) in [5, 5.41) is 21.1. The molecular formula is C14H10N6O4S. The molecule has 126 valence electrons. The number of thioether (sulfide) groups is 1. The Balaban J connectivity index is 1.58. The first-order valence-corrected chi connectivity index (χ1v) is 7.88. The van der Waals surface area contributed by atoms with Gasteiger partial charge in [-0.1, -0.05) is 11.8 Å². The molecule has 2 aromatic heterocycles. The van der Waals surface area contributed by atoms with Crippen molar-refractivity contribution in [1.29, 1.82) is 0 Å². The number of carbonyl (C=O) groups is 1. The number of amides is 1. The maximum atomic E-state index is 11.8. The monoisotopic (exact) mass is 358 g/mol. The Morgan fingerprint density at radius 2 is 1.92 bits per heavy atom. The Bertz CT molecular complexity index is 884. The van der Waals surface area contributed by atoms with Gasteiger partial charge in [-0.2, -0.15) is 0 Å². The highest BCUT2D eigenvalue weighted by atomic mass is 32.2. The SMILES string of the molecule is O=C(CSc1nnc(-c2ccc([N+](=O)[O-])cc2)o1)Nc1ncccn1. The van der Waals surface area contributed by atoms with E-state index in [4.69, 9.17) is 4.42 Å². The number of nitrogens with zero attached hydrogens (tertiary/aromatic N) is 5. The molecule has 2 heterocycles. The van der Waals surface area contributed by atoms with Crippen molar-refractivity contribution in [2.45, 2.75) is 5.22 Å². The van der Waals surface area contributed by atoms with Crippen LogP contribution >= 0.6 is 11.8 Å². The molecule has 0 atom stereocenters. The summed E-state index contributed by atoms with van der Waals surface area (Å²) in [5.74, 6) is 0.154. The van der Waals surface area contributed by atoms with Crippen LogP contribution in [0.5, 0.6) is 0 Å². The molecule has 1 N–H and O–H groups in total. The van der Waals surface area contributed by atoms with Gasteiger partial charge in [-0.05, 0) is 18.2 Å². The molecule has 1 aromatic carbocycles. The molecule has 0 aliphatic carbocycles. The molecule has 3 rings (SSSR count). The summed E-state index contributed by atoms with van der Waals surface area (Å²) in [6.45, 7) is 0. The van der Waals surface area contributed by atoms with Gasteiger partial charge in [0.2, 0.25) is 17.7 Å². The molecule has 0 radical (unpaired) electrons. The minimum Gasteiger partial charge on any atom is -0.411 e. The fourth-order valence-electron chi connectivity index (χ4n) is 1.76. The highest BCUT2D eigenvalue weighted by molar-refractivity contribution is 7.99. The number of anilines is 1. The third-order valence-corrected chi connectivity index (χ3v) is 3.69. The molecule has 0 bridgehead atoms. The second-order valence-electron chi connectivity index (χ2n) is 4.59. The summed E-state index contributed by atoms with van der Waals surface area (Å²) in [6, 6.07) is 7.36. The summed E-state index contributed by atoms with van der Waals surface area (Å²) in [6.07, 6.45) is 3.04. The predicted octanol–water partition coefficient (Wildman–Crippen LogP) is 2.17. The summed E-state index contributed by atoms with van der Waals surface area (Å²) in [7, 11) is 0. The Kier molecular flexibility index (Phi) is 4.95. The van der Waals surface area contributed by atoms with Crippen molar-refractivity contribution in [1.82, 2.24) is 20.2 Å². The first-order valence-electron chi connectivity index (χ1n) is 6.90. The van der Waals surface area contributed by atoms with Gasteiger partial charge >= 0.3 is 0 Å². The Morgan fingerprint density at radius 3 is 2.60 bits per heavy atom. The van der Waals surface area contributed by atoms with Crippen molar-refractivity contribution >= 4 is 29.3 Å². The molecule has 0 spiro atoms. The van der Waals surface area contributed by atoms with Gasteiger partial charge in [-0.25, -0.2) is 9.97 Å². The van der Waals surface area contributed by atoms with E-state index in [0.717, 1.165) is 11.8 Å². The molecule has 0 aliphatic rings. The Hall–Kier alpha value is -3.34. The first kappa shape index (κ1) is 16.5.